The maximum Gasteiger partial charge on any atom is 0.237 e. The fraction of sp³-hybridized carbons (Fsp3) is 0.300. The molecule has 1 fully saturated rings. The van der Waals surface area contributed by atoms with Crippen molar-refractivity contribution in [3.05, 3.63) is 65.0 Å². The molecule has 2 atom stereocenters. The highest BCUT2D eigenvalue weighted by molar-refractivity contribution is 6.08. The lowest BCUT2D eigenvalue weighted by Gasteiger charge is -2.18. The van der Waals surface area contributed by atoms with Crippen molar-refractivity contribution in [2.75, 3.05) is 18.9 Å². The summed E-state index contributed by atoms with van der Waals surface area (Å²) in [6, 6.07) is 12.4. The van der Waals surface area contributed by atoms with Crippen molar-refractivity contribution in [2.24, 2.45) is 5.92 Å². The molecule has 1 N–H and O–H groups in total. The molecule has 2 aromatic carbocycles. The van der Waals surface area contributed by atoms with E-state index in [1.54, 1.807) is 31.0 Å². The molecular formula is C20H21FN2O2. The largest absolute Gasteiger partial charge is 0.344 e. The van der Waals surface area contributed by atoms with E-state index in [9.17, 15) is 14.0 Å². The normalized spacial score (nSPS) is 20.0. The molecule has 1 aliphatic rings. The van der Waals surface area contributed by atoms with E-state index in [-0.39, 0.29) is 17.6 Å². The minimum atomic E-state index is -0.811. The van der Waals surface area contributed by atoms with Crippen molar-refractivity contribution in [1.82, 2.24) is 4.90 Å². The third kappa shape index (κ3) is 3.27. The summed E-state index contributed by atoms with van der Waals surface area (Å²) in [4.78, 5) is 26.9. The number of likely N-dealkylation sites (tertiary alicyclic amines) is 1. The van der Waals surface area contributed by atoms with Crippen LogP contribution >= 0.6 is 0 Å². The number of likely N-dealkylation sites (N-methyl/N-ethyl adjacent to an activating group) is 1. The van der Waals surface area contributed by atoms with Gasteiger partial charge in [0.05, 0.1) is 0 Å². The Kier molecular flexibility index (Phi) is 4.57. The maximum atomic E-state index is 13.7. The molecule has 2 amide bonds. The number of anilines is 1. The summed E-state index contributed by atoms with van der Waals surface area (Å²) in [5.41, 5.74) is 2.81. The van der Waals surface area contributed by atoms with Crippen molar-refractivity contribution in [1.29, 1.82) is 0 Å². The van der Waals surface area contributed by atoms with Gasteiger partial charge in [0.2, 0.25) is 11.8 Å². The molecule has 0 bridgehead atoms. The van der Waals surface area contributed by atoms with Crippen LogP contribution in [-0.4, -0.2) is 30.3 Å². The summed E-state index contributed by atoms with van der Waals surface area (Å²) in [5.74, 6) is -2.02. The van der Waals surface area contributed by atoms with E-state index in [1.807, 2.05) is 31.2 Å². The SMILES string of the molecule is Cc1cccc([C@H]2CN(C)C(=O)[C@@H]2C(=O)Nc2cccc(F)c2C)c1. The Morgan fingerprint density at radius 1 is 1.20 bits per heavy atom. The van der Waals surface area contributed by atoms with Crippen LogP contribution in [0, 0.1) is 25.6 Å². The molecule has 2 aromatic rings. The Bertz CT molecular complexity index is 834. The quantitative estimate of drug-likeness (QED) is 0.872. The van der Waals surface area contributed by atoms with Crippen LogP contribution in [0.3, 0.4) is 0 Å². The average Bonchev–Trinajstić information content (AvgIpc) is 2.87. The van der Waals surface area contributed by atoms with E-state index in [0.717, 1.165) is 11.1 Å². The van der Waals surface area contributed by atoms with E-state index >= 15 is 0 Å². The number of carbonyl (C=O) groups is 2. The number of nitrogens with one attached hydrogen (secondary N) is 1. The summed E-state index contributed by atoms with van der Waals surface area (Å²) in [6.45, 7) is 4.07. The first-order valence-corrected chi connectivity index (χ1v) is 8.26. The molecule has 1 aliphatic heterocycles. The number of hydrogen-bond donors (Lipinski definition) is 1. The number of rotatable bonds is 3. The van der Waals surface area contributed by atoms with Gasteiger partial charge in [0.25, 0.3) is 0 Å². The second-order valence-electron chi connectivity index (χ2n) is 6.62. The van der Waals surface area contributed by atoms with Crippen LogP contribution in [0.2, 0.25) is 0 Å². The van der Waals surface area contributed by atoms with Crippen molar-refractivity contribution < 1.29 is 14.0 Å². The van der Waals surface area contributed by atoms with E-state index in [1.165, 1.54) is 6.07 Å². The van der Waals surface area contributed by atoms with Gasteiger partial charge in [-0.15, -0.1) is 0 Å². The number of halogens is 1. The highest BCUT2D eigenvalue weighted by Crippen LogP contribution is 2.34. The Morgan fingerprint density at radius 3 is 2.64 bits per heavy atom. The molecule has 0 aromatic heterocycles. The van der Waals surface area contributed by atoms with Gasteiger partial charge < -0.3 is 10.2 Å². The number of amides is 2. The third-order valence-electron chi connectivity index (χ3n) is 4.79. The predicted molar refractivity (Wildman–Crippen MR) is 94.8 cm³/mol. The van der Waals surface area contributed by atoms with Gasteiger partial charge in [0, 0.05) is 30.8 Å². The molecule has 1 heterocycles. The van der Waals surface area contributed by atoms with Crippen LogP contribution in [-0.2, 0) is 9.59 Å². The van der Waals surface area contributed by atoms with E-state index < -0.39 is 11.8 Å². The van der Waals surface area contributed by atoms with Gasteiger partial charge in [0.15, 0.2) is 0 Å². The summed E-state index contributed by atoms with van der Waals surface area (Å²) in [6.07, 6.45) is 0. The smallest absolute Gasteiger partial charge is 0.237 e. The molecule has 1 saturated heterocycles. The van der Waals surface area contributed by atoms with Crippen LogP contribution in [0.1, 0.15) is 22.6 Å². The average molecular weight is 340 g/mol. The molecule has 25 heavy (non-hydrogen) atoms. The molecule has 4 nitrogen and oxygen atoms in total. The molecule has 0 radical (unpaired) electrons. The molecular weight excluding hydrogens is 319 g/mol. The van der Waals surface area contributed by atoms with Gasteiger partial charge in [-0.3, -0.25) is 9.59 Å². The first kappa shape index (κ1) is 17.1. The van der Waals surface area contributed by atoms with Crippen molar-refractivity contribution in [3.8, 4) is 0 Å². The summed E-state index contributed by atoms with van der Waals surface area (Å²) < 4.78 is 13.7. The first-order chi connectivity index (χ1) is 11.9. The zero-order valence-electron chi connectivity index (χ0n) is 14.5. The van der Waals surface area contributed by atoms with Crippen LogP contribution in [0.15, 0.2) is 42.5 Å². The minimum Gasteiger partial charge on any atom is -0.344 e. The first-order valence-electron chi connectivity index (χ1n) is 8.26. The maximum absolute atomic E-state index is 13.7. The molecule has 0 aliphatic carbocycles. The Balaban J connectivity index is 1.90. The Hall–Kier alpha value is -2.69. The monoisotopic (exact) mass is 340 g/mol. The second kappa shape index (κ2) is 6.67. The molecule has 5 heteroatoms. The number of benzene rings is 2. The molecule has 0 saturated carbocycles. The zero-order chi connectivity index (χ0) is 18.1. The van der Waals surface area contributed by atoms with E-state index in [0.29, 0.717) is 17.8 Å². The third-order valence-corrected chi connectivity index (χ3v) is 4.79. The van der Waals surface area contributed by atoms with Crippen molar-refractivity contribution in [3.63, 3.8) is 0 Å². The van der Waals surface area contributed by atoms with E-state index in [2.05, 4.69) is 5.32 Å². The lowest BCUT2D eigenvalue weighted by Crippen LogP contribution is -2.33. The number of aryl methyl sites for hydroxylation is 1. The summed E-state index contributed by atoms with van der Waals surface area (Å²) in [5, 5.41) is 2.73. The standard InChI is InChI=1S/C20H21FN2O2/c1-12-6-4-7-14(10-12)15-11-23(3)20(25)18(15)19(24)22-17-9-5-8-16(21)13(17)2/h4-10,15,18H,11H2,1-3H3,(H,22,24)/t15-,18+/m1/s1. The number of carbonyl (C=O) groups excluding carboxylic acids is 2. The minimum absolute atomic E-state index is 0.210. The highest BCUT2D eigenvalue weighted by Gasteiger charge is 2.44. The number of hydrogen-bond acceptors (Lipinski definition) is 2. The predicted octanol–water partition coefficient (Wildman–Crippen LogP) is 3.25. The lowest BCUT2D eigenvalue weighted by molar-refractivity contribution is -0.135. The lowest BCUT2D eigenvalue weighted by atomic mass is 9.87. The van der Waals surface area contributed by atoms with Gasteiger partial charge in [-0.05, 0) is 31.5 Å². The van der Waals surface area contributed by atoms with Crippen LogP contribution in [0.4, 0.5) is 10.1 Å². The molecule has 0 unspecified atom stereocenters. The fourth-order valence-corrected chi connectivity index (χ4v) is 3.35. The van der Waals surface area contributed by atoms with E-state index in [4.69, 9.17) is 0 Å². The van der Waals surface area contributed by atoms with Crippen molar-refractivity contribution >= 4 is 17.5 Å². The van der Waals surface area contributed by atoms with Gasteiger partial charge in [-0.25, -0.2) is 4.39 Å². The molecule has 0 spiro atoms. The van der Waals surface area contributed by atoms with Crippen LogP contribution in [0.5, 0.6) is 0 Å². The van der Waals surface area contributed by atoms with Crippen LogP contribution < -0.4 is 5.32 Å². The molecule has 130 valence electrons. The topological polar surface area (TPSA) is 49.4 Å². The second-order valence-corrected chi connectivity index (χ2v) is 6.62. The zero-order valence-corrected chi connectivity index (χ0v) is 14.5. The van der Waals surface area contributed by atoms with Crippen LogP contribution in [0.25, 0.3) is 0 Å². The van der Waals surface area contributed by atoms with Gasteiger partial charge in [-0.2, -0.15) is 0 Å². The van der Waals surface area contributed by atoms with Crippen molar-refractivity contribution in [2.45, 2.75) is 19.8 Å². The van der Waals surface area contributed by atoms with Gasteiger partial charge in [0.1, 0.15) is 11.7 Å². The van der Waals surface area contributed by atoms with Gasteiger partial charge >= 0.3 is 0 Å². The Morgan fingerprint density at radius 2 is 1.92 bits per heavy atom. The highest BCUT2D eigenvalue weighted by atomic mass is 19.1. The molecule has 3 rings (SSSR count). The summed E-state index contributed by atoms with van der Waals surface area (Å²) >= 11 is 0. The Labute approximate surface area is 146 Å². The summed E-state index contributed by atoms with van der Waals surface area (Å²) in [7, 11) is 1.70. The van der Waals surface area contributed by atoms with Gasteiger partial charge in [-0.1, -0.05) is 35.9 Å². The number of nitrogens with zero attached hydrogens (tertiary/aromatic N) is 1. The fourth-order valence-electron chi connectivity index (χ4n) is 3.35.